The Balaban J connectivity index is 2.35. The van der Waals surface area contributed by atoms with Crippen molar-refractivity contribution in [2.24, 2.45) is 11.8 Å². The van der Waals surface area contributed by atoms with E-state index in [-0.39, 0.29) is 18.2 Å². The molecule has 2 bridgehead atoms. The Kier molecular flexibility index (Phi) is 6.90. The molecule has 0 aliphatic carbocycles. The molecule has 0 aromatic heterocycles. The van der Waals surface area contributed by atoms with Crippen LogP contribution in [0.4, 0.5) is 0 Å². The second kappa shape index (κ2) is 8.53. The van der Waals surface area contributed by atoms with E-state index in [1.165, 1.54) is 18.1 Å². The maximum absolute atomic E-state index is 11.7. The summed E-state index contributed by atoms with van der Waals surface area (Å²) in [5, 5.41) is 0. The zero-order chi connectivity index (χ0) is 18.6. The Morgan fingerprint density at radius 3 is 2.60 bits per heavy atom. The fraction of sp³-hybridized carbons (Fsp3) is 0.773. The summed E-state index contributed by atoms with van der Waals surface area (Å²) in [6.07, 6.45) is 10.6. The van der Waals surface area contributed by atoms with Crippen LogP contribution in [0, 0.1) is 11.8 Å². The van der Waals surface area contributed by atoms with Gasteiger partial charge in [0, 0.05) is 6.92 Å². The molecule has 1 saturated heterocycles. The number of carbonyl (C=O) groups excluding carboxylic acids is 1. The van der Waals surface area contributed by atoms with E-state index in [0.29, 0.717) is 11.8 Å². The lowest BCUT2D eigenvalue weighted by Gasteiger charge is -2.47. The van der Waals surface area contributed by atoms with Crippen molar-refractivity contribution in [2.75, 3.05) is 0 Å². The van der Waals surface area contributed by atoms with E-state index in [2.05, 4.69) is 46.8 Å². The maximum Gasteiger partial charge on any atom is 0.303 e. The second-order valence-corrected chi connectivity index (χ2v) is 8.58. The first kappa shape index (κ1) is 20.2. The third-order valence-corrected chi connectivity index (χ3v) is 5.93. The minimum absolute atomic E-state index is 0.112. The normalized spacial score (nSPS) is 34.4. The minimum Gasteiger partial charge on any atom is -0.459 e. The first-order chi connectivity index (χ1) is 11.7. The molecule has 0 spiro atoms. The molecule has 0 aromatic carbocycles. The molecule has 2 aliphatic rings. The van der Waals surface area contributed by atoms with E-state index in [9.17, 15) is 4.79 Å². The standard InChI is InChI=1S/C22H36O3/c1-15(2)19-12-13-22(6)21(24-18(5)23)11-10-16(3)8-7-9-17(4)14-20(19)25-22/h8,14-15,19-21H,7,9-13H2,1-6H3. The van der Waals surface area contributed by atoms with Gasteiger partial charge in [-0.3, -0.25) is 4.79 Å². The lowest BCUT2D eigenvalue weighted by atomic mass is 9.76. The molecular formula is C22H36O3. The molecule has 0 aromatic rings. The molecule has 4 unspecified atom stereocenters. The van der Waals surface area contributed by atoms with Gasteiger partial charge in [0.25, 0.3) is 0 Å². The summed E-state index contributed by atoms with van der Waals surface area (Å²) in [7, 11) is 0. The predicted octanol–water partition coefficient (Wildman–Crippen LogP) is 5.59. The van der Waals surface area contributed by atoms with Gasteiger partial charge in [-0.15, -0.1) is 0 Å². The summed E-state index contributed by atoms with van der Waals surface area (Å²) in [5.41, 5.74) is 2.37. The number of fused-ring (bicyclic) bond motifs is 2. The van der Waals surface area contributed by atoms with Gasteiger partial charge in [-0.05, 0) is 71.1 Å². The zero-order valence-electron chi connectivity index (χ0n) is 16.9. The van der Waals surface area contributed by atoms with Crippen LogP contribution >= 0.6 is 0 Å². The second-order valence-electron chi connectivity index (χ2n) is 8.58. The fourth-order valence-electron chi connectivity index (χ4n) is 4.24. The topological polar surface area (TPSA) is 35.5 Å². The van der Waals surface area contributed by atoms with E-state index in [1.54, 1.807) is 0 Å². The van der Waals surface area contributed by atoms with Gasteiger partial charge in [-0.25, -0.2) is 0 Å². The van der Waals surface area contributed by atoms with Gasteiger partial charge >= 0.3 is 5.97 Å². The van der Waals surface area contributed by atoms with Gasteiger partial charge in [0.1, 0.15) is 11.7 Å². The van der Waals surface area contributed by atoms with Crippen molar-refractivity contribution in [1.29, 1.82) is 0 Å². The Bertz CT molecular complexity index is 531. The molecule has 0 radical (unpaired) electrons. The van der Waals surface area contributed by atoms with Crippen molar-refractivity contribution in [1.82, 2.24) is 0 Å². The Hall–Kier alpha value is -1.09. The number of allylic oxidation sites excluding steroid dienone is 3. The lowest BCUT2D eigenvalue weighted by molar-refractivity contribution is -0.201. The van der Waals surface area contributed by atoms with Crippen molar-refractivity contribution in [3.05, 3.63) is 23.3 Å². The Labute approximate surface area is 153 Å². The van der Waals surface area contributed by atoms with E-state index in [4.69, 9.17) is 9.47 Å². The highest BCUT2D eigenvalue weighted by molar-refractivity contribution is 5.66. The van der Waals surface area contributed by atoms with Crippen LogP contribution < -0.4 is 0 Å². The van der Waals surface area contributed by atoms with E-state index >= 15 is 0 Å². The molecule has 0 amide bonds. The third kappa shape index (κ3) is 5.44. The number of esters is 1. The first-order valence-corrected chi connectivity index (χ1v) is 9.89. The predicted molar refractivity (Wildman–Crippen MR) is 102 cm³/mol. The molecule has 0 saturated carbocycles. The minimum atomic E-state index is -0.405. The molecule has 4 atom stereocenters. The number of rotatable bonds is 2. The molecule has 0 N–H and O–H groups in total. The summed E-state index contributed by atoms with van der Waals surface area (Å²) in [4.78, 5) is 11.7. The van der Waals surface area contributed by atoms with Gasteiger partial charge in [-0.2, -0.15) is 0 Å². The van der Waals surface area contributed by atoms with Crippen LogP contribution in [-0.4, -0.2) is 23.8 Å². The van der Waals surface area contributed by atoms with Crippen LogP contribution in [0.2, 0.25) is 0 Å². The number of carbonyl (C=O) groups is 1. The van der Waals surface area contributed by atoms with Crippen molar-refractivity contribution < 1.29 is 14.3 Å². The summed E-state index contributed by atoms with van der Waals surface area (Å²) in [6.45, 7) is 12.6. The van der Waals surface area contributed by atoms with E-state index < -0.39 is 5.60 Å². The molecular weight excluding hydrogens is 312 g/mol. The zero-order valence-corrected chi connectivity index (χ0v) is 16.9. The number of ether oxygens (including phenoxy) is 2. The highest BCUT2D eigenvalue weighted by Crippen LogP contribution is 2.41. The Morgan fingerprint density at radius 1 is 1.24 bits per heavy atom. The van der Waals surface area contributed by atoms with Gasteiger partial charge < -0.3 is 9.47 Å². The largest absolute Gasteiger partial charge is 0.459 e. The van der Waals surface area contributed by atoms with E-state index in [0.717, 1.165) is 38.5 Å². The van der Waals surface area contributed by atoms with Crippen molar-refractivity contribution in [3.8, 4) is 0 Å². The molecule has 2 rings (SSSR count). The number of hydrogen-bond donors (Lipinski definition) is 0. The smallest absolute Gasteiger partial charge is 0.303 e. The fourth-order valence-corrected chi connectivity index (χ4v) is 4.24. The summed E-state index contributed by atoms with van der Waals surface area (Å²) in [5.74, 6) is 0.903. The highest BCUT2D eigenvalue weighted by Gasteiger charge is 2.45. The summed E-state index contributed by atoms with van der Waals surface area (Å²) < 4.78 is 12.4. The van der Waals surface area contributed by atoms with Crippen LogP contribution in [0.3, 0.4) is 0 Å². The first-order valence-electron chi connectivity index (χ1n) is 9.89. The molecule has 3 heteroatoms. The molecule has 25 heavy (non-hydrogen) atoms. The number of hydrogen-bond acceptors (Lipinski definition) is 3. The average molecular weight is 349 g/mol. The van der Waals surface area contributed by atoms with E-state index in [1.807, 2.05) is 0 Å². The third-order valence-electron chi connectivity index (χ3n) is 5.93. The van der Waals surface area contributed by atoms with Gasteiger partial charge in [0.2, 0.25) is 0 Å². The lowest BCUT2D eigenvalue weighted by Crippen LogP contribution is -2.52. The Morgan fingerprint density at radius 2 is 1.96 bits per heavy atom. The average Bonchev–Trinajstić information content (AvgIpc) is 2.49. The molecule has 142 valence electrons. The van der Waals surface area contributed by atoms with Crippen molar-refractivity contribution >= 4 is 5.97 Å². The molecule has 3 nitrogen and oxygen atoms in total. The van der Waals surface area contributed by atoms with Crippen LogP contribution in [-0.2, 0) is 14.3 Å². The van der Waals surface area contributed by atoms with Crippen molar-refractivity contribution in [3.63, 3.8) is 0 Å². The summed E-state index contributed by atoms with van der Waals surface area (Å²) >= 11 is 0. The van der Waals surface area contributed by atoms with Crippen LogP contribution in [0.1, 0.15) is 80.1 Å². The molecule has 2 heterocycles. The SMILES string of the molecule is CC(=O)OC1CCC(C)=CCCC(C)=CC2OC1(C)CCC2C(C)C. The van der Waals surface area contributed by atoms with Crippen molar-refractivity contribution in [2.45, 2.75) is 97.9 Å². The van der Waals surface area contributed by atoms with Crippen LogP contribution in [0.5, 0.6) is 0 Å². The van der Waals surface area contributed by atoms with Gasteiger partial charge in [-0.1, -0.05) is 37.1 Å². The van der Waals surface area contributed by atoms with Gasteiger partial charge in [0.05, 0.1) is 6.10 Å². The van der Waals surface area contributed by atoms with Gasteiger partial charge in [0.15, 0.2) is 0 Å². The van der Waals surface area contributed by atoms with Crippen LogP contribution in [0.15, 0.2) is 23.3 Å². The highest BCUT2D eigenvalue weighted by atomic mass is 16.6. The molecule has 2 aliphatic heterocycles. The summed E-state index contributed by atoms with van der Waals surface area (Å²) in [6, 6.07) is 0. The molecule has 1 fully saturated rings. The quantitative estimate of drug-likeness (QED) is 0.482. The maximum atomic E-state index is 11.7. The van der Waals surface area contributed by atoms with Crippen LogP contribution in [0.25, 0.3) is 0 Å². The monoisotopic (exact) mass is 348 g/mol.